The molecule has 2 N–H and O–H groups in total. The number of guanidine groups is 1. The van der Waals surface area contributed by atoms with Crippen LogP contribution in [-0.4, -0.2) is 57.3 Å². The third kappa shape index (κ3) is 5.19. The summed E-state index contributed by atoms with van der Waals surface area (Å²) in [5.41, 5.74) is -0.206. The molecule has 1 aromatic heterocycles. The molecule has 6 heteroatoms. The Bertz CT molecular complexity index is 515. The van der Waals surface area contributed by atoms with Gasteiger partial charge in [0.05, 0.1) is 5.60 Å². The van der Waals surface area contributed by atoms with Crippen molar-refractivity contribution in [3.8, 4) is 0 Å². The van der Waals surface area contributed by atoms with E-state index in [0.29, 0.717) is 12.0 Å². The van der Waals surface area contributed by atoms with Crippen molar-refractivity contribution in [2.75, 3.05) is 40.8 Å². The molecule has 2 unspecified atom stereocenters. The van der Waals surface area contributed by atoms with Gasteiger partial charge in [0.2, 0.25) is 0 Å². The summed E-state index contributed by atoms with van der Waals surface area (Å²) in [4.78, 5) is 8.30. The van der Waals surface area contributed by atoms with Crippen LogP contribution in [0.15, 0.2) is 22.5 Å². The summed E-state index contributed by atoms with van der Waals surface area (Å²) < 4.78 is 5.46. The molecule has 2 rings (SSSR count). The maximum Gasteiger partial charge on any atom is 0.191 e. The molecular formula is C18H32N4OS. The molecule has 0 bridgehead atoms. The minimum atomic E-state index is -0.206. The summed E-state index contributed by atoms with van der Waals surface area (Å²) in [6, 6.07) is 4.92. The van der Waals surface area contributed by atoms with Crippen molar-refractivity contribution < 1.29 is 4.74 Å². The first kappa shape index (κ1) is 19.2. The van der Waals surface area contributed by atoms with Gasteiger partial charge in [0.25, 0.3) is 0 Å². The number of likely N-dealkylation sites (tertiary alicyclic amines) is 1. The van der Waals surface area contributed by atoms with Gasteiger partial charge in [0.15, 0.2) is 5.96 Å². The molecule has 1 aliphatic rings. The van der Waals surface area contributed by atoms with Gasteiger partial charge in [-0.05, 0) is 57.6 Å². The van der Waals surface area contributed by atoms with Crippen LogP contribution in [0.25, 0.3) is 0 Å². The van der Waals surface area contributed by atoms with Crippen molar-refractivity contribution in [2.45, 2.75) is 38.3 Å². The van der Waals surface area contributed by atoms with Crippen LogP contribution in [0.1, 0.15) is 37.6 Å². The van der Waals surface area contributed by atoms with Crippen molar-refractivity contribution in [1.29, 1.82) is 0 Å². The van der Waals surface area contributed by atoms with E-state index in [2.05, 4.69) is 58.9 Å². The molecule has 1 saturated heterocycles. The van der Waals surface area contributed by atoms with E-state index >= 15 is 0 Å². The minimum Gasteiger partial charge on any atom is -0.377 e. The molecule has 2 atom stereocenters. The highest BCUT2D eigenvalue weighted by atomic mass is 32.1. The van der Waals surface area contributed by atoms with Gasteiger partial charge in [-0.25, -0.2) is 0 Å². The summed E-state index contributed by atoms with van der Waals surface area (Å²) in [6.45, 7) is 6.96. The fraction of sp³-hybridized carbons (Fsp3) is 0.722. The van der Waals surface area contributed by atoms with Gasteiger partial charge in [-0.15, -0.1) is 11.3 Å². The number of hydrogen-bond acceptors (Lipinski definition) is 4. The second-order valence-corrected chi connectivity index (χ2v) is 8.09. The maximum atomic E-state index is 5.46. The number of rotatable bonds is 6. The molecule has 1 aromatic rings. The molecule has 0 aromatic carbocycles. The van der Waals surface area contributed by atoms with Crippen LogP contribution in [0.2, 0.25) is 0 Å². The number of aliphatic imine (C=N–C) groups is 1. The lowest BCUT2D eigenvalue weighted by Crippen LogP contribution is -2.48. The first-order chi connectivity index (χ1) is 11.5. The fourth-order valence-electron chi connectivity index (χ4n) is 3.20. The minimum absolute atomic E-state index is 0.206. The molecule has 24 heavy (non-hydrogen) atoms. The normalized spacial score (nSPS) is 23.3. The second-order valence-electron chi connectivity index (χ2n) is 7.11. The van der Waals surface area contributed by atoms with Gasteiger partial charge in [-0.1, -0.05) is 6.07 Å². The molecule has 1 aliphatic heterocycles. The molecule has 0 radical (unpaired) electrons. The molecule has 0 saturated carbocycles. The lowest BCUT2D eigenvalue weighted by Gasteiger charge is -2.39. The van der Waals surface area contributed by atoms with Crippen LogP contribution < -0.4 is 10.6 Å². The Kier molecular flexibility index (Phi) is 7.07. The Morgan fingerprint density at radius 2 is 2.25 bits per heavy atom. The lowest BCUT2D eigenvalue weighted by molar-refractivity contribution is 0.0268. The van der Waals surface area contributed by atoms with E-state index in [1.807, 2.05) is 18.4 Å². The third-order valence-electron chi connectivity index (χ3n) is 4.83. The Morgan fingerprint density at radius 1 is 1.46 bits per heavy atom. The number of ether oxygens (including phenoxy) is 1. The van der Waals surface area contributed by atoms with Crippen molar-refractivity contribution in [3.05, 3.63) is 22.4 Å². The summed E-state index contributed by atoms with van der Waals surface area (Å²) in [6.07, 6.45) is 2.51. The van der Waals surface area contributed by atoms with Gasteiger partial charge < -0.3 is 15.4 Å². The van der Waals surface area contributed by atoms with Crippen molar-refractivity contribution in [1.82, 2.24) is 15.5 Å². The zero-order valence-corrected chi connectivity index (χ0v) is 16.4. The number of methoxy groups -OCH3 is 1. The third-order valence-corrected chi connectivity index (χ3v) is 5.77. The summed E-state index contributed by atoms with van der Waals surface area (Å²) >= 11 is 1.86. The maximum absolute atomic E-state index is 5.46. The molecule has 1 fully saturated rings. The Labute approximate surface area is 150 Å². The average molecular weight is 353 g/mol. The molecule has 0 amide bonds. The smallest absolute Gasteiger partial charge is 0.191 e. The first-order valence-corrected chi connectivity index (χ1v) is 9.58. The Morgan fingerprint density at radius 3 is 2.88 bits per heavy atom. The van der Waals surface area contributed by atoms with E-state index < -0.39 is 0 Å². The van der Waals surface area contributed by atoms with Crippen LogP contribution in [0.3, 0.4) is 0 Å². The predicted octanol–water partition coefficient (Wildman–Crippen LogP) is 2.72. The van der Waals surface area contributed by atoms with E-state index in [-0.39, 0.29) is 5.60 Å². The van der Waals surface area contributed by atoms with Crippen LogP contribution in [0.5, 0.6) is 0 Å². The van der Waals surface area contributed by atoms with E-state index in [1.54, 1.807) is 7.11 Å². The standard InChI is InChI=1S/C18H32N4OS/c1-18(2,23-5)13-21-17(19-3)20-12-14-8-6-10-22(4)16(14)15-9-7-11-24-15/h7,9,11,14,16H,6,8,10,12-13H2,1-5H3,(H2,19,20,21). The Balaban J connectivity index is 1.93. The van der Waals surface area contributed by atoms with E-state index in [4.69, 9.17) is 4.74 Å². The van der Waals surface area contributed by atoms with Crippen LogP contribution in [0.4, 0.5) is 0 Å². The van der Waals surface area contributed by atoms with E-state index in [1.165, 1.54) is 24.3 Å². The van der Waals surface area contributed by atoms with E-state index in [9.17, 15) is 0 Å². The first-order valence-electron chi connectivity index (χ1n) is 8.70. The van der Waals surface area contributed by atoms with Gasteiger partial charge >= 0.3 is 0 Å². The SMILES string of the molecule is CN=C(NCC1CCCN(C)C1c1cccs1)NCC(C)(C)OC. The highest BCUT2D eigenvalue weighted by molar-refractivity contribution is 7.10. The zero-order chi connectivity index (χ0) is 17.6. The van der Waals surface area contributed by atoms with Gasteiger partial charge in [-0.3, -0.25) is 9.89 Å². The van der Waals surface area contributed by atoms with Crippen molar-refractivity contribution in [2.24, 2.45) is 10.9 Å². The highest BCUT2D eigenvalue weighted by Gasteiger charge is 2.31. The second kappa shape index (κ2) is 8.83. The van der Waals surface area contributed by atoms with Crippen LogP contribution >= 0.6 is 11.3 Å². The van der Waals surface area contributed by atoms with Gasteiger partial charge in [0, 0.05) is 38.2 Å². The molecule has 136 valence electrons. The molecule has 5 nitrogen and oxygen atoms in total. The number of hydrogen-bond donors (Lipinski definition) is 2. The van der Waals surface area contributed by atoms with Gasteiger partial charge in [-0.2, -0.15) is 0 Å². The van der Waals surface area contributed by atoms with Gasteiger partial charge in [0.1, 0.15) is 0 Å². The average Bonchev–Trinajstić information content (AvgIpc) is 3.09. The number of nitrogens with zero attached hydrogens (tertiary/aromatic N) is 2. The predicted molar refractivity (Wildman–Crippen MR) is 103 cm³/mol. The largest absolute Gasteiger partial charge is 0.377 e. The molecule has 0 aliphatic carbocycles. The summed E-state index contributed by atoms with van der Waals surface area (Å²) in [7, 11) is 5.80. The van der Waals surface area contributed by atoms with Crippen molar-refractivity contribution in [3.63, 3.8) is 0 Å². The molecule has 0 spiro atoms. The summed E-state index contributed by atoms with van der Waals surface area (Å²) in [5, 5.41) is 9.05. The van der Waals surface area contributed by atoms with E-state index in [0.717, 1.165) is 19.0 Å². The summed E-state index contributed by atoms with van der Waals surface area (Å²) in [5.74, 6) is 1.44. The van der Waals surface area contributed by atoms with Crippen LogP contribution in [0, 0.1) is 5.92 Å². The fourth-order valence-corrected chi connectivity index (χ4v) is 4.18. The molecule has 2 heterocycles. The van der Waals surface area contributed by atoms with Crippen molar-refractivity contribution >= 4 is 17.3 Å². The quantitative estimate of drug-likeness (QED) is 0.610. The lowest BCUT2D eigenvalue weighted by atomic mass is 9.88. The number of thiophene rings is 1. The topological polar surface area (TPSA) is 48.9 Å². The monoisotopic (exact) mass is 352 g/mol. The highest BCUT2D eigenvalue weighted by Crippen LogP contribution is 2.36. The van der Waals surface area contributed by atoms with Crippen LogP contribution in [-0.2, 0) is 4.74 Å². The number of nitrogens with one attached hydrogen (secondary N) is 2. The number of piperidine rings is 1. The Hall–Kier alpha value is -1.11. The zero-order valence-electron chi connectivity index (χ0n) is 15.6. The molecular weight excluding hydrogens is 320 g/mol.